The summed E-state index contributed by atoms with van der Waals surface area (Å²) < 4.78 is 18.8. The van der Waals surface area contributed by atoms with Crippen LogP contribution in [0.15, 0.2) is 48.5 Å². The smallest absolute Gasteiger partial charge is 0.241 e. The monoisotopic (exact) mass is 385 g/mol. The fourth-order valence-corrected chi connectivity index (χ4v) is 3.29. The van der Waals surface area contributed by atoms with Gasteiger partial charge in [-0.1, -0.05) is 18.2 Å². The molecule has 2 N–H and O–H groups in total. The molecule has 28 heavy (non-hydrogen) atoms. The molecule has 1 aliphatic heterocycles. The second-order valence-electron chi connectivity index (χ2n) is 6.71. The molecule has 2 aromatic rings. The normalized spacial score (nSPS) is 16.6. The van der Waals surface area contributed by atoms with Gasteiger partial charge in [-0.2, -0.15) is 0 Å². The molecule has 1 aliphatic rings. The third-order valence-electron chi connectivity index (χ3n) is 4.80. The molecule has 0 spiro atoms. The molecule has 0 aromatic heterocycles. The van der Waals surface area contributed by atoms with Crippen molar-refractivity contribution in [3.63, 3.8) is 0 Å². The molecule has 6 nitrogen and oxygen atoms in total. The summed E-state index contributed by atoms with van der Waals surface area (Å²) in [4.78, 5) is 26.7. The minimum Gasteiger partial charge on any atom is -0.497 e. The Morgan fingerprint density at radius 2 is 1.93 bits per heavy atom. The van der Waals surface area contributed by atoms with E-state index < -0.39 is 0 Å². The van der Waals surface area contributed by atoms with E-state index in [2.05, 4.69) is 10.6 Å². The summed E-state index contributed by atoms with van der Waals surface area (Å²) in [5.41, 5.74) is 1.12. The van der Waals surface area contributed by atoms with Crippen LogP contribution in [0.4, 0.5) is 10.1 Å². The van der Waals surface area contributed by atoms with Crippen molar-refractivity contribution in [2.24, 2.45) is 0 Å². The lowest BCUT2D eigenvalue weighted by Crippen LogP contribution is -2.44. The van der Waals surface area contributed by atoms with E-state index in [9.17, 15) is 14.0 Å². The minimum absolute atomic E-state index is 0.106. The number of nitrogens with zero attached hydrogens (tertiary/aromatic N) is 1. The van der Waals surface area contributed by atoms with E-state index in [0.717, 1.165) is 6.42 Å². The third-order valence-corrected chi connectivity index (χ3v) is 4.80. The van der Waals surface area contributed by atoms with Gasteiger partial charge in [-0.3, -0.25) is 14.5 Å². The van der Waals surface area contributed by atoms with Gasteiger partial charge in [0.15, 0.2) is 0 Å². The number of methoxy groups -OCH3 is 1. The molecule has 1 saturated heterocycles. The van der Waals surface area contributed by atoms with Crippen molar-refractivity contribution in [2.75, 3.05) is 25.5 Å². The standard InChI is InChI=1S/C21H24FN3O3/c1-28-17-10-8-16(9-11-17)24-21(27)19-7-4-12-25(19)14-20(26)23-13-15-5-2-3-6-18(15)22/h2-3,5-6,8-11,19H,4,7,12-14H2,1H3,(H,23,26)(H,24,27). The van der Waals surface area contributed by atoms with Gasteiger partial charge in [-0.25, -0.2) is 4.39 Å². The highest BCUT2D eigenvalue weighted by Crippen LogP contribution is 2.20. The SMILES string of the molecule is COc1ccc(NC(=O)C2CCCN2CC(=O)NCc2ccccc2F)cc1. The van der Waals surface area contributed by atoms with Crippen LogP contribution in [0.5, 0.6) is 5.75 Å². The molecule has 1 heterocycles. The van der Waals surface area contributed by atoms with Gasteiger partial charge in [0.25, 0.3) is 0 Å². The summed E-state index contributed by atoms with van der Waals surface area (Å²) in [5.74, 6) is 0.00436. The molecule has 0 saturated carbocycles. The number of anilines is 1. The predicted octanol–water partition coefficient (Wildman–Crippen LogP) is 2.55. The Hall–Kier alpha value is -2.93. The van der Waals surface area contributed by atoms with Gasteiger partial charge in [-0.15, -0.1) is 0 Å². The van der Waals surface area contributed by atoms with Crippen molar-refractivity contribution in [3.8, 4) is 5.75 Å². The first-order valence-corrected chi connectivity index (χ1v) is 9.26. The van der Waals surface area contributed by atoms with Crippen LogP contribution in [0.2, 0.25) is 0 Å². The quantitative estimate of drug-likeness (QED) is 0.769. The second-order valence-corrected chi connectivity index (χ2v) is 6.71. The maximum atomic E-state index is 13.6. The number of rotatable bonds is 7. The van der Waals surface area contributed by atoms with Crippen LogP contribution in [0.1, 0.15) is 18.4 Å². The topological polar surface area (TPSA) is 70.7 Å². The Morgan fingerprint density at radius 3 is 2.64 bits per heavy atom. The van der Waals surface area contributed by atoms with Gasteiger partial charge in [0.05, 0.1) is 19.7 Å². The Kier molecular flexibility index (Phi) is 6.60. The van der Waals surface area contributed by atoms with E-state index in [1.165, 1.54) is 6.07 Å². The Labute approximate surface area is 163 Å². The summed E-state index contributed by atoms with van der Waals surface area (Å²) in [6.45, 7) is 0.908. The molecule has 148 valence electrons. The number of hydrogen-bond donors (Lipinski definition) is 2. The third kappa shape index (κ3) is 5.07. The van der Waals surface area contributed by atoms with Crippen molar-refractivity contribution >= 4 is 17.5 Å². The van der Waals surface area contributed by atoms with Crippen LogP contribution in [0, 0.1) is 5.82 Å². The number of likely N-dealkylation sites (tertiary alicyclic amines) is 1. The van der Waals surface area contributed by atoms with E-state index in [0.29, 0.717) is 30.0 Å². The number of carbonyl (C=O) groups excluding carboxylic acids is 2. The van der Waals surface area contributed by atoms with Crippen LogP contribution in [0.25, 0.3) is 0 Å². The van der Waals surface area contributed by atoms with Crippen LogP contribution in [-0.2, 0) is 16.1 Å². The lowest BCUT2D eigenvalue weighted by atomic mass is 10.2. The van der Waals surface area contributed by atoms with Crippen LogP contribution in [0.3, 0.4) is 0 Å². The fourth-order valence-electron chi connectivity index (χ4n) is 3.29. The predicted molar refractivity (Wildman–Crippen MR) is 104 cm³/mol. The minimum atomic E-state index is -0.360. The molecule has 2 amide bonds. The maximum Gasteiger partial charge on any atom is 0.241 e. The van der Waals surface area contributed by atoms with Crippen molar-refractivity contribution in [3.05, 3.63) is 59.9 Å². The first-order valence-electron chi connectivity index (χ1n) is 9.26. The Balaban J connectivity index is 1.52. The summed E-state index contributed by atoms with van der Waals surface area (Å²) in [5, 5.41) is 5.61. The first-order chi connectivity index (χ1) is 13.6. The van der Waals surface area contributed by atoms with Gasteiger partial charge >= 0.3 is 0 Å². The highest BCUT2D eigenvalue weighted by Gasteiger charge is 2.31. The molecule has 0 bridgehead atoms. The molecule has 1 fully saturated rings. The summed E-state index contributed by atoms with van der Waals surface area (Å²) in [7, 11) is 1.58. The first kappa shape index (κ1) is 19.8. The van der Waals surface area contributed by atoms with E-state index in [-0.39, 0.29) is 36.8 Å². The average Bonchev–Trinajstić information content (AvgIpc) is 3.16. The Morgan fingerprint density at radius 1 is 1.18 bits per heavy atom. The van der Waals surface area contributed by atoms with E-state index in [1.807, 2.05) is 4.90 Å². The molecule has 7 heteroatoms. The van der Waals surface area contributed by atoms with E-state index >= 15 is 0 Å². The number of benzene rings is 2. The van der Waals surface area contributed by atoms with Gasteiger partial charge in [-0.05, 0) is 49.7 Å². The zero-order chi connectivity index (χ0) is 19.9. The summed E-state index contributed by atoms with van der Waals surface area (Å²) in [6.07, 6.45) is 1.55. The number of hydrogen-bond acceptors (Lipinski definition) is 4. The molecule has 2 aromatic carbocycles. The molecular formula is C21H24FN3O3. The fraction of sp³-hybridized carbons (Fsp3) is 0.333. The molecule has 3 rings (SSSR count). The lowest BCUT2D eigenvalue weighted by molar-refractivity contribution is -0.125. The number of carbonyl (C=O) groups is 2. The lowest BCUT2D eigenvalue weighted by Gasteiger charge is -2.23. The number of ether oxygens (including phenoxy) is 1. The Bertz CT molecular complexity index is 826. The van der Waals surface area contributed by atoms with Crippen molar-refractivity contribution < 1.29 is 18.7 Å². The van der Waals surface area contributed by atoms with Gasteiger partial charge in [0.2, 0.25) is 11.8 Å². The number of nitrogens with one attached hydrogen (secondary N) is 2. The van der Waals surface area contributed by atoms with Gasteiger partial charge in [0.1, 0.15) is 11.6 Å². The number of halogens is 1. The largest absolute Gasteiger partial charge is 0.497 e. The molecule has 1 unspecified atom stereocenters. The van der Waals surface area contributed by atoms with Crippen molar-refractivity contribution in [1.82, 2.24) is 10.2 Å². The van der Waals surface area contributed by atoms with E-state index in [1.54, 1.807) is 49.6 Å². The number of amides is 2. The van der Waals surface area contributed by atoms with Gasteiger partial charge < -0.3 is 15.4 Å². The van der Waals surface area contributed by atoms with Crippen LogP contribution in [-0.4, -0.2) is 43.0 Å². The van der Waals surface area contributed by atoms with E-state index in [4.69, 9.17) is 4.74 Å². The summed E-state index contributed by atoms with van der Waals surface area (Å²) >= 11 is 0. The zero-order valence-electron chi connectivity index (χ0n) is 15.8. The molecule has 0 radical (unpaired) electrons. The second kappa shape index (κ2) is 9.32. The maximum absolute atomic E-state index is 13.6. The molecule has 1 atom stereocenters. The van der Waals surface area contributed by atoms with Gasteiger partial charge in [0, 0.05) is 17.8 Å². The zero-order valence-corrected chi connectivity index (χ0v) is 15.8. The summed E-state index contributed by atoms with van der Waals surface area (Å²) in [6, 6.07) is 13.1. The van der Waals surface area contributed by atoms with Crippen LogP contribution < -0.4 is 15.4 Å². The van der Waals surface area contributed by atoms with Crippen LogP contribution >= 0.6 is 0 Å². The van der Waals surface area contributed by atoms with Crippen molar-refractivity contribution in [1.29, 1.82) is 0 Å². The highest BCUT2D eigenvalue weighted by molar-refractivity contribution is 5.95. The highest BCUT2D eigenvalue weighted by atomic mass is 19.1. The average molecular weight is 385 g/mol. The molecule has 0 aliphatic carbocycles. The van der Waals surface area contributed by atoms with Crippen molar-refractivity contribution in [2.45, 2.75) is 25.4 Å². The molecular weight excluding hydrogens is 361 g/mol.